The molecule has 2 aromatic heterocycles. The summed E-state index contributed by atoms with van der Waals surface area (Å²) >= 11 is 0. The molecule has 0 aliphatic carbocycles. The van der Waals surface area contributed by atoms with Gasteiger partial charge in [-0.1, -0.05) is 0 Å². The molecule has 0 fully saturated rings. The van der Waals surface area contributed by atoms with Crippen LogP contribution in [0.25, 0.3) is 11.0 Å². The minimum Gasteiger partial charge on any atom is -0.282 e. The highest BCUT2D eigenvalue weighted by atomic mass is 32.2. The lowest BCUT2D eigenvalue weighted by Crippen LogP contribution is -2.05. The van der Waals surface area contributed by atoms with Crippen molar-refractivity contribution < 1.29 is 25.9 Å². The molecular weight excluding hydrogens is 284 g/mol. The average Bonchev–Trinajstić information content (AvgIpc) is 2.24. The van der Waals surface area contributed by atoms with E-state index in [0.29, 0.717) is 0 Å². The molecule has 0 aromatic carbocycles. The summed E-state index contributed by atoms with van der Waals surface area (Å²) in [6.45, 7) is 0. The molecule has 0 atom stereocenters. The second-order valence-corrected chi connectivity index (χ2v) is 6.05. The third kappa shape index (κ3) is 2.18. The smallest absolute Gasteiger partial charge is 0.282 e. The minimum absolute atomic E-state index is 0.338. The molecular formula is C8H6N2O6S2. The molecule has 0 saturated carbocycles. The van der Waals surface area contributed by atoms with Gasteiger partial charge in [-0.05, 0) is 12.1 Å². The highest BCUT2D eigenvalue weighted by Crippen LogP contribution is 2.23. The Labute approximate surface area is 102 Å². The zero-order chi connectivity index (χ0) is 13.6. The van der Waals surface area contributed by atoms with Crippen molar-refractivity contribution >= 4 is 31.3 Å². The average molecular weight is 290 g/mol. The lowest BCUT2D eigenvalue weighted by Gasteiger charge is -2.04. The quantitative estimate of drug-likeness (QED) is 0.745. The molecule has 0 aliphatic rings. The molecule has 2 aromatic rings. The Morgan fingerprint density at radius 3 is 1.39 bits per heavy atom. The van der Waals surface area contributed by atoms with E-state index in [4.69, 9.17) is 9.11 Å². The van der Waals surface area contributed by atoms with E-state index in [9.17, 15) is 16.8 Å². The maximum Gasteiger partial charge on any atom is 0.296 e. The number of hydrogen-bond acceptors (Lipinski definition) is 6. The van der Waals surface area contributed by atoms with E-state index in [0.717, 1.165) is 24.5 Å². The fraction of sp³-hybridized carbons (Fsp3) is 0. The molecule has 0 aliphatic heterocycles. The molecule has 2 rings (SSSR count). The van der Waals surface area contributed by atoms with E-state index in [-0.39, 0.29) is 11.0 Å². The molecule has 0 amide bonds. The van der Waals surface area contributed by atoms with Crippen LogP contribution in [0.2, 0.25) is 0 Å². The topological polar surface area (TPSA) is 135 Å². The third-order valence-electron chi connectivity index (χ3n) is 2.11. The van der Waals surface area contributed by atoms with Gasteiger partial charge >= 0.3 is 0 Å². The molecule has 10 heteroatoms. The fourth-order valence-electron chi connectivity index (χ4n) is 1.42. The lowest BCUT2D eigenvalue weighted by atomic mass is 10.3. The number of rotatable bonds is 2. The largest absolute Gasteiger partial charge is 0.296 e. The summed E-state index contributed by atoms with van der Waals surface area (Å²) in [5.74, 6) is 0. The van der Waals surface area contributed by atoms with Gasteiger partial charge in [-0.2, -0.15) is 16.8 Å². The first-order chi connectivity index (χ1) is 8.21. The highest BCUT2D eigenvalue weighted by Gasteiger charge is 2.21. The number of fused-ring (bicyclic) bond motifs is 1. The molecule has 8 nitrogen and oxygen atoms in total. The summed E-state index contributed by atoms with van der Waals surface area (Å²) in [4.78, 5) is 6.12. The molecule has 0 bridgehead atoms. The van der Waals surface area contributed by atoms with Gasteiger partial charge in [0.05, 0.1) is 0 Å². The van der Waals surface area contributed by atoms with Gasteiger partial charge in [-0.15, -0.1) is 0 Å². The Kier molecular flexibility index (Phi) is 2.81. The summed E-state index contributed by atoms with van der Waals surface area (Å²) in [5, 5.41) is 0. The van der Waals surface area contributed by atoms with Gasteiger partial charge in [0.15, 0.2) is 0 Å². The van der Waals surface area contributed by atoms with Crippen LogP contribution in [0.3, 0.4) is 0 Å². The monoisotopic (exact) mass is 290 g/mol. The summed E-state index contributed by atoms with van der Waals surface area (Å²) < 4.78 is 62.3. The van der Waals surface area contributed by atoms with Gasteiger partial charge in [-0.3, -0.25) is 19.1 Å². The summed E-state index contributed by atoms with van der Waals surface area (Å²) in [6, 6.07) is 1.94. The second-order valence-electron chi connectivity index (χ2n) is 3.27. The normalized spacial score (nSPS) is 12.8. The second kappa shape index (κ2) is 3.95. The SMILES string of the molecule is O=S(=O)(O)c1ccnc2c(S(=O)(=O)O)ccnc12. The minimum atomic E-state index is -4.57. The van der Waals surface area contributed by atoms with Crippen molar-refractivity contribution in [1.82, 2.24) is 9.97 Å². The van der Waals surface area contributed by atoms with E-state index in [1.807, 2.05) is 0 Å². The van der Waals surface area contributed by atoms with Gasteiger partial charge in [-0.25, -0.2) is 0 Å². The van der Waals surface area contributed by atoms with Crippen molar-refractivity contribution in [1.29, 1.82) is 0 Å². The number of pyridine rings is 2. The molecule has 0 radical (unpaired) electrons. The Morgan fingerprint density at radius 2 is 1.11 bits per heavy atom. The molecule has 2 heterocycles. The van der Waals surface area contributed by atoms with Crippen LogP contribution in [0.15, 0.2) is 34.3 Å². The van der Waals surface area contributed by atoms with E-state index >= 15 is 0 Å². The molecule has 18 heavy (non-hydrogen) atoms. The van der Waals surface area contributed by atoms with E-state index in [1.54, 1.807) is 0 Å². The van der Waals surface area contributed by atoms with Crippen LogP contribution in [-0.2, 0) is 20.2 Å². The zero-order valence-corrected chi connectivity index (χ0v) is 10.2. The van der Waals surface area contributed by atoms with Crippen LogP contribution in [0, 0.1) is 0 Å². The van der Waals surface area contributed by atoms with Gasteiger partial charge in [0.25, 0.3) is 20.2 Å². The van der Waals surface area contributed by atoms with Crippen LogP contribution in [0.4, 0.5) is 0 Å². The maximum atomic E-state index is 11.1. The Bertz CT molecular complexity index is 757. The summed E-state index contributed by atoms with van der Waals surface area (Å²) in [6.07, 6.45) is 1.98. The van der Waals surface area contributed by atoms with Crippen LogP contribution in [0.1, 0.15) is 0 Å². The van der Waals surface area contributed by atoms with Crippen LogP contribution >= 0.6 is 0 Å². The van der Waals surface area contributed by atoms with Crippen molar-refractivity contribution in [3.63, 3.8) is 0 Å². The molecule has 0 unspecified atom stereocenters. The van der Waals surface area contributed by atoms with E-state index in [2.05, 4.69) is 9.97 Å². The van der Waals surface area contributed by atoms with Crippen molar-refractivity contribution in [2.75, 3.05) is 0 Å². The predicted molar refractivity (Wildman–Crippen MR) is 59.2 cm³/mol. The Hall–Kier alpha value is -1.62. The summed E-state index contributed by atoms with van der Waals surface area (Å²) in [7, 11) is -9.14. The highest BCUT2D eigenvalue weighted by molar-refractivity contribution is 7.86. The molecule has 96 valence electrons. The van der Waals surface area contributed by atoms with Gasteiger partial charge in [0.2, 0.25) is 0 Å². The Morgan fingerprint density at radius 1 is 0.778 bits per heavy atom. The van der Waals surface area contributed by atoms with Crippen molar-refractivity contribution in [2.45, 2.75) is 9.79 Å². The zero-order valence-electron chi connectivity index (χ0n) is 8.55. The Balaban J connectivity index is 3.00. The number of hydrogen-bond donors (Lipinski definition) is 2. The first-order valence-electron chi connectivity index (χ1n) is 4.40. The first kappa shape index (κ1) is 12.8. The van der Waals surface area contributed by atoms with Crippen LogP contribution < -0.4 is 0 Å². The van der Waals surface area contributed by atoms with Crippen molar-refractivity contribution in [3.8, 4) is 0 Å². The first-order valence-corrected chi connectivity index (χ1v) is 7.28. The predicted octanol–water partition coefficient (Wildman–Crippen LogP) is 0.123. The molecule has 0 spiro atoms. The maximum absolute atomic E-state index is 11.1. The van der Waals surface area contributed by atoms with Crippen molar-refractivity contribution in [2.24, 2.45) is 0 Å². The number of aromatic nitrogens is 2. The molecule has 0 saturated heterocycles. The lowest BCUT2D eigenvalue weighted by molar-refractivity contribution is 0.480. The van der Waals surface area contributed by atoms with Crippen LogP contribution in [0.5, 0.6) is 0 Å². The van der Waals surface area contributed by atoms with E-state index in [1.165, 1.54) is 0 Å². The van der Waals surface area contributed by atoms with Crippen LogP contribution in [-0.4, -0.2) is 35.9 Å². The number of nitrogens with zero attached hydrogens (tertiary/aromatic N) is 2. The molecule has 2 N–H and O–H groups in total. The van der Waals surface area contributed by atoms with Gasteiger partial charge in [0.1, 0.15) is 20.8 Å². The third-order valence-corrected chi connectivity index (χ3v) is 3.88. The standard InChI is InChI=1S/C8H6N2O6S2/c11-17(12,13)5-1-3-9-8-6(18(14,15)16)2-4-10-7(5)8/h1-4H,(H,11,12,13)(H,14,15,16). The fourth-order valence-corrected chi connectivity index (χ4v) is 2.67. The van der Waals surface area contributed by atoms with Gasteiger partial charge < -0.3 is 0 Å². The van der Waals surface area contributed by atoms with Crippen molar-refractivity contribution in [3.05, 3.63) is 24.5 Å². The van der Waals surface area contributed by atoms with E-state index < -0.39 is 30.0 Å². The summed E-state index contributed by atoms with van der Waals surface area (Å²) in [5.41, 5.74) is -0.676. The van der Waals surface area contributed by atoms with Gasteiger partial charge in [0, 0.05) is 12.4 Å².